The van der Waals surface area contributed by atoms with Crippen molar-refractivity contribution in [3.8, 4) is 0 Å². The first kappa shape index (κ1) is 18.0. The van der Waals surface area contributed by atoms with E-state index in [4.69, 9.17) is 13.9 Å². The fourth-order valence-electron chi connectivity index (χ4n) is 2.77. The molecular formula is C16H22BrNO5. The third-order valence-electron chi connectivity index (χ3n) is 3.75. The van der Waals surface area contributed by atoms with Gasteiger partial charge in [0.15, 0.2) is 6.10 Å². The molecule has 6 nitrogen and oxygen atoms in total. The topological polar surface area (TPSA) is 69.0 Å². The third-order valence-corrected chi connectivity index (χ3v) is 4.71. The monoisotopic (exact) mass is 387 g/mol. The van der Waals surface area contributed by atoms with Gasteiger partial charge in [-0.15, -0.1) is 0 Å². The first-order valence-corrected chi connectivity index (χ1v) is 8.40. The summed E-state index contributed by atoms with van der Waals surface area (Å²) in [5, 5.41) is 0. The first-order chi connectivity index (χ1) is 10.7. The predicted octanol–water partition coefficient (Wildman–Crippen LogP) is 2.84. The molecule has 1 aromatic rings. The Morgan fingerprint density at radius 1 is 1.22 bits per heavy atom. The summed E-state index contributed by atoms with van der Waals surface area (Å²) in [5.74, 6) is 0.285. The number of carbonyl (C=O) groups excluding carboxylic acids is 2. The maximum Gasteiger partial charge on any atom is 0.343 e. The van der Waals surface area contributed by atoms with Crippen molar-refractivity contribution in [1.82, 2.24) is 4.90 Å². The molecule has 128 valence electrons. The molecule has 3 atom stereocenters. The SMILES string of the molecule is Cc1oc(C)c(C(=O)O[C@H](C)C(=O)N2C[C@@H](C)O[C@H](C)C2)c1Br. The molecule has 23 heavy (non-hydrogen) atoms. The molecule has 2 rings (SSSR count). The fraction of sp³-hybridized carbons (Fsp3) is 0.625. The number of esters is 1. The molecule has 0 spiro atoms. The predicted molar refractivity (Wildman–Crippen MR) is 87.3 cm³/mol. The van der Waals surface area contributed by atoms with E-state index in [1.54, 1.807) is 25.7 Å². The van der Waals surface area contributed by atoms with Gasteiger partial charge in [-0.25, -0.2) is 4.79 Å². The van der Waals surface area contributed by atoms with E-state index < -0.39 is 12.1 Å². The lowest BCUT2D eigenvalue weighted by molar-refractivity contribution is -0.151. The number of morpholine rings is 1. The zero-order chi connectivity index (χ0) is 17.3. The van der Waals surface area contributed by atoms with E-state index in [9.17, 15) is 9.59 Å². The van der Waals surface area contributed by atoms with Crippen LogP contribution in [0.3, 0.4) is 0 Å². The van der Waals surface area contributed by atoms with Crippen LogP contribution in [0.15, 0.2) is 8.89 Å². The summed E-state index contributed by atoms with van der Waals surface area (Å²) in [6, 6.07) is 0. The molecule has 0 saturated carbocycles. The summed E-state index contributed by atoms with van der Waals surface area (Å²) in [7, 11) is 0. The highest BCUT2D eigenvalue weighted by atomic mass is 79.9. The van der Waals surface area contributed by atoms with E-state index in [2.05, 4.69) is 15.9 Å². The number of ether oxygens (including phenoxy) is 2. The van der Waals surface area contributed by atoms with Gasteiger partial charge >= 0.3 is 5.97 Å². The number of hydrogen-bond acceptors (Lipinski definition) is 5. The van der Waals surface area contributed by atoms with Crippen molar-refractivity contribution in [2.45, 2.75) is 52.9 Å². The van der Waals surface area contributed by atoms with E-state index >= 15 is 0 Å². The van der Waals surface area contributed by atoms with Crippen LogP contribution in [0, 0.1) is 13.8 Å². The summed E-state index contributed by atoms with van der Waals surface area (Å²) in [6.07, 6.45) is -0.918. The second-order valence-corrected chi connectivity index (χ2v) is 6.74. The van der Waals surface area contributed by atoms with Crippen LogP contribution < -0.4 is 0 Å². The Morgan fingerprint density at radius 3 is 2.26 bits per heavy atom. The summed E-state index contributed by atoms with van der Waals surface area (Å²) in [4.78, 5) is 26.5. The zero-order valence-electron chi connectivity index (χ0n) is 14.0. The zero-order valence-corrected chi connectivity index (χ0v) is 15.6. The highest BCUT2D eigenvalue weighted by molar-refractivity contribution is 9.10. The number of furan rings is 1. The lowest BCUT2D eigenvalue weighted by Crippen LogP contribution is -2.51. The molecule has 2 heterocycles. The van der Waals surface area contributed by atoms with Gasteiger partial charge in [0.05, 0.1) is 16.7 Å². The molecule has 0 bridgehead atoms. The Balaban J connectivity index is 2.04. The minimum Gasteiger partial charge on any atom is -0.465 e. The molecule has 7 heteroatoms. The second-order valence-electron chi connectivity index (χ2n) is 5.95. The van der Waals surface area contributed by atoms with Crippen LogP contribution in [0.4, 0.5) is 0 Å². The van der Waals surface area contributed by atoms with Crippen LogP contribution in [0.1, 0.15) is 42.6 Å². The third kappa shape index (κ3) is 3.95. The van der Waals surface area contributed by atoms with E-state index in [0.29, 0.717) is 34.6 Å². The quantitative estimate of drug-likeness (QED) is 0.745. The minimum absolute atomic E-state index is 0.0292. The Labute approximate surface area is 144 Å². The van der Waals surface area contributed by atoms with Crippen molar-refractivity contribution in [2.24, 2.45) is 0 Å². The Kier molecular flexibility index (Phi) is 5.52. The molecule has 0 unspecified atom stereocenters. The van der Waals surface area contributed by atoms with Crippen LogP contribution >= 0.6 is 15.9 Å². The molecule has 0 radical (unpaired) electrons. The van der Waals surface area contributed by atoms with E-state index in [0.717, 1.165) is 0 Å². The molecule has 1 saturated heterocycles. The van der Waals surface area contributed by atoms with Gasteiger partial charge in [-0.05, 0) is 50.5 Å². The van der Waals surface area contributed by atoms with Gasteiger partial charge < -0.3 is 18.8 Å². The van der Waals surface area contributed by atoms with Gasteiger partial charge in [-0.1, -0.05) is 0 Å². The van der Waals surface area contributed by atoms with Crippen molar-refractivity contribution in [3.05, 3.63) is 21.6 Å². The van der Waals surface area contributed by atoms with Crippen LogP contribution in [0.2, 0.25) is 0 Å². The summed E-state index contributed by atoms with van der Waals surface area (Å²) in [5.41, 5.74) is 0.325. The van der Waals surface area contributed by atoms with Crippen LogP contribution in [-0.4, -0.2) is 48.2 Å². The van der Waals surface area contributed by atoms with E-state index in [1.807, 2.05) is 13.8 Å². The van der Waals surface area contributed by atoms with Gasteiger partial charge in [0.25, 0.3) is 5.91 Å². The van der Waals surface area contributed by atoms with Crippen molar-refractivity contribution < 1.29 is 23.5 Å². The van der Waals surface area contributed by atoms with Crippen molar-refractivity contribution in [2.75, 3.05) is 13.1 Å². The fourth-order valence-corrected chi connectivity index (χ4v) is 3.30. The average Bonchev–Trinajstić information content (AvgIpc) is 2.70. The number of carbonyl (C=O) groups is 2. The Bertz CT molecular complexity index is 602. The minimum atomic E-state index is -0.860. The summed E-state index contributed by atoms with van der Waals surface area (Å²) in [6.45, 7) is 9.85. The molecular weight excluding hydrogens is 366 g/mol. The van der Waals surface area contributed by atoms with Gasteiger partial charge in [0.1, 0.15) is 17.1 Å². The number of amides is 1. The van der Waals surface area contributed by atoms with Crippen LogP contribution in [0.25, 0.3) is 0 Å². The number of hydrogen-bond donors (Lipinski definition) is 0. The number of aryl methyl sites for hydroxylation is 2. The number of nitrogens with zero attached hydrogens (tertiary/aromatic N) is 1. The molecule has 0 aliphatic carbocycles. The number of halogens is 1. The summed E-state index contributed by atoms with van der Waals surface area (Å²) < 4.78 is 16.9. The van der Waals surface area contributed by atoms with Gasteiger partial charge in [-0.3, -0.25) is 4.79 Å². The van der Waals surface area contributed by atoms with Crippen LogP contribution in [-0.2, 0) is 14.3 Å². The van der Waals surface area contributed by atoms with E-state index in [-0.39, 0.29) is 18.1 Å². The van der Waals surface area contributed by atoms with Gasteiger partial charge in [0.2, 0.25) is 0 Å². The number of rotatable bonds is 3. The molecule has 1 fully saturated rings. The summed E-state index contributed by atoms with van der Waals surface area (Å²) >= 11 is 3.31. The van der Waals surface area contributed by atoms with E-state index in [1.165, 1.54) is 0 Å². The van der Waals surface area contributed by atoms with Crippen molar-refractivity contribution >= 4 is 27.8 Å². The molecule has 1 aliphatic rings. The maximum atomic E-state index is 12.5. The van der Waals surface area contributed by atoms with Crippen molar-refractivity contribution in [1.29, 1.82) is 0 Å². The van der Waals surface area contributed by atoms with Gasteiger partial charge in [0, 0.05) is 13.1 Å². The standard InChI is InChI=1S/C16H22BrNO5/c1-8-6-18(7-9(2)21-8)15(19)12(5)23-16(20)13-10(3)22-11(4)14(13)17/h8-9,12H,6-7H2,1-5H3/t8-,9-,12-/m1/s1. The van der Waals surface area contributed by atoms with Crippen LogP contribution in [0.5, 0.6) is 0 Å². The lowest BCUT2D eigenvalue weighted by Gasteiger charge is -2.36. The molecule has 0 N–H and O–H groups in total. The van der Waals surface area contributed by atoms with Gasteiger partial charge in [-0.2, -0.15) is 0 Å². The smallest absolute Gasteiger partial charge is 0.343 e. The highest BCUT2D eigenvalue weighted by Gasteiger charge is 2.31. The lowest BCUT2D eigenvalue weighted by atomic mass is 10.2. The molecule has 0 aromatic carbocycles. The normalized spacial score (nSPS) is 22.8. The molecule has 1 amide bonds. The maximum absolute atomic E-state index is 12.5. The average molecular weight is 388 g/mol. The van der Waals surface area contributed by atoms with Crippen molar-refractivity contribution in [3.63, 3.8) is 0 Å². The first-order valence-electron chi connectivity index (χ1n) is 7.61. The molecule has 1 aromatic heterocycles. The second kappa shape index (κ2) is 7.05. The Morgan fingerprint density at radius 2 is 1.78 bits per heavy atom. The molecule has 1 aliphatic heterocycles. The highest BCUT2D eigenvalue weighted by Crippen LogP contribution is 2.28. The Hall–Kier alpha value is -1.34. The largest absolute Gasteiger partial charge is 0.465 e.